The van der Waals surface area contributed by atoms with Crippen LogP contribution in [0.5, 0.6) is 0 Å². The fourth-order valence-corrected chi connectivity index (χ4v) is 3.95. The molecule has 6 nitrogen and oxygen atoms in total. The summed E-state index contributed by atoms with van der Waals surface area (Å²) >= 11 is 1.58. The molecule has 1 atom stereocenters. The minimum Gasteiger partial charge on any atom is -0.368 e. The highest BCUT2D eigenvalue weighted by molar-refractivity contribution is 8.00. The van der Waals surface area contributed by atoms with Crippen LogP contribution < -0.4 is 4.90 Å². The lowest BCUT2D eigenvalue weighted by atomic mass is 10.2. The second-order valence-corrected chi connectivity index (χ2v) is 7.57. The highest BCUT2D eigenvalue weighted by Crippen LogP contribution is 2.25. The largest absolute Gasteiger partial charge is 0.368 e. The number of thioether (sulfide) groups is 1. The maximum atomic E-state index is 12.7. The Morgan fingerprint density at radius 1 is 1.04 bits per heavy atom. The third-order valence-corrected chi connectivity index (χ3v) is 5.52. The molecule has 136 valence electrons. The van der Waals surface area contributed by atoms with Crippen LogP contribution >= 0.6 is 11.8 Å². The van der Waals surface area contributed by atoms with Gasteiger partial charge in [0, 0.05) is 48.9 Å². The molecule has 0 N–H and O–H groups in total. The van der Waals surface area contributed by atoms with Crippen LogP contribution in [-0.2, 0) is 4.79 Å². The van der Waals surface area contributed by atoms with Crippen LogP contribution in [0.4, 0.5) is 11.4 Å². The minimum atomic E-state index is -0.397. The molecule has 0 unspecified atom stereocenters. The van der Waals surface area contributed by atoms with Gasteiger partial charge in [0.1, 0.15) is 0 Å². The second kappa shape index (κ2) is 8.23. The van der Waals surface area contributed by atoms with Crippen molar-refractivity contribution in [2.75, 3.05) is 31.1 Å². The van der Waals surface area contributed by atoms with E-state index in [9.17, 15) is 14.9 Å². The molecule has 2 aromatic rings. The van der Waals surface area contributed by atoms with E-state index in [1.54, 1.807) is 23.9 Å². The smallest absolute Gasteiger partial charge is 0.269 e. The fraction of sp³-hybridized carbons (Fsp3) is 0.316. The molecule has 1 amide bonds. The molecule has 1 saturated heterocycles. The van der Waals surface area contributed by atoms with E-state index in [-0.39, 0.29) is 16.8 Å². The molecule has 0 spiro atoms. The van der Waals surface area contributed by atoms with Gasteiger partial charge >= 0.3 is 0 Å². The molecule has 0 aromatic heterocycles. The van der Waals surface area contributed by atoms with Crippen LogP contribution in [0.1, 0.15) is 6.92 Å². The second-order valence-electron chi connectivity index (χ2n) is 6.16. The maximum absolute atomic E-state index is 12.7. The van der Waals surface area contributed by atoms with E-state index >= 15 is 0 Å². The van der Waals surface area contributed by atoms with Gasteiger partial charge in [-0.1, -0.05) is 18.2 Å². The number of nitrogens with zero attached hydrogens (tertiary/aromatic N) is 3. The average molecular weight is 371 g/mol. The van der Waals surface area contributed by atoms with Crippen LogP contribution in [0.3, 0.4) is 0 Å². The molecule has 2 aromatic carbocycles. The predicted molar refractivity (Wildman–Crippen MR) is 104 cm³/mol. The van der Waals surface area contributed by atoms with E-state index in [0.29, 0.717) is 13.1 Å². The lowest BCUT2D eigenvalue weighted by Gasteiger charge is -2.37. The van der Waals surface area contributed by atoms with E-state index in [0.717, 1.165) is 23.7 Å². The molecule has 0 saturated carbocycles. The Balaban J connectivity index is 1.54. The average Bonchev–Trinajstić information content (AvgIpc) is 2.68. The summed E-state index contributed by atoms with van der Waals surface area (Å²) in [6.45, 7) is 4.73. The summed E-state index contributed by atoms with van der Waals surface area (Å²) in [7, 11) is 0. The summed E-state index contributed by atoms with van der Waals surface area (Å²) in [5, 5.41) is 10.6. The molecule has 0 radical (unpaired) electrons. The Morgan fingerprint density at radius 2 is 1.65 bits per heavy atom. The van der Waals surface area contributed by atoms with Gasteiger partial charge in [-0.2, -0.15) is 0 Å². The molecule has 1 aliphatic rings. The number of piperazine rings is 1. The number of nitro benzene ring substituents is 1. The van der Waals surface area contributed by atoms with Crippen LogP contribution in [0, 0.1) is 10.1 Å². The molecular weight excluding hydrogens is 350 g/mol. The summed E-state index contributed by atoms with van der Waals surface area (Å²) in [6.07, 6.45) is 0. The minimum absolute atomic E-state index is 0.0920. The van der Waals surface area contributed by atoms with Crippen molar-refractivity contribution in [3.8, 4) is 0 Å². The maximum Gasteiger partial charge on any atom is 0.269 e. The Labute approximate surface area is 156 Å². The third-order valence-electron chi connectivity index (χ3n) is 4.42. The highest BCUT2D eigenvalue weighted by atomic mass is 32.2. The summed E-state index contributed by atoms with van der Waals surface area (Å²) in [5.74, 6) is 0.155. The number of anilines is 1. The molecule has 1 aliphatic heterocycles. The van der Waals surface area contributed by atoms with E-state index < -0.39 is 4.92 Å². The molecule has 3 rings (SSSR count). The number of amides is 1. The zero-order valence-corrected chi connectivity index (χ0v) is 15.4. The van der Waals surface area contributed by atoms with Gasteiger partial charge in [0.15, 0.2) is 0 Å². The predicted octanol–water partition coefficient (Wildman–Crippen LogP) is 3.42. The molecule has 1 heterocycles. The summed E-state index contributed by atoms with van der Waals surface area (Å²) < 4.78 is 0. The number of carbonyl (C=O) groups excluding carboxylic acids is 1. The van der Waals surface area contributed by atoms with Crippen molar-refractivity contribution in [1.29, 1.82) is 0 Å². The van der Waals surface area contributed by atoms with Crippen molar-refractivity contribution >= 4 is 29.0 Å². The first-order valence-corrected chi connectivity index (χ1v) is 9.42. The molecule has 26 heavy (non-hydrogen) atoms. The lowest BCUT2D eigenvalue weighted by molar-refractivity contribution is -0.384. The first kappa shape index (κ1) is 18.3. The van der Waals surface area contributed by atoms with Crippen molar-refractivity contribution in [3.05, 3.63) is 64.7 Å². The Bertz CT molecular complexity index is 759. The standard InChI is InChI=1S/C19H21N3O3S/c1-15(26-18-5-3-2-4-6-18)19(23)21-13-11-20(12-14-21)16-7-9-17(10-8-16)22(24)25/h2-10,15H,11-14H2,1H3/t15-/m0/s1. The van der Waals surface area contributed by atoms with Crippen LogP contribution in [0.25, 0.3) is 0 Å². The number of hydrogen-bond acceptors (Lipinski definition) is 5. The van der Waals surface area contributed by atoms with E-state index in [1.165, 1.54) is 12.1 Å². The highest BCUT2D eigenvalue weighted by Gasteiger charge is 2.25. The molecular formula is C19H21N3O3S. The number of nitro groups is 1. The SMILES string of the molecule is C[C@H](Sc1ccccc1)C(=O)N1CCN(c2ccc([N+](=O)[O-])cc2)CC1. The molecule has 7 heteroatoms. The molecule has 0 aliphatic carbocycles. The van der Waals surface area contributed by atoms with E-state index in [4.69, 9.17) is 0 Å². The summed E-state index contributed by atoms with van der Waals surface area (Å²) in [4.78, 5) is 28.2. The lowest BCUT2D eigenvalue weighted by Crippen LogP contribution is -2.50. The van der Waals surface area contributed by atoms with Crippen LogP contribution in [0.2, 0.25) is 0 Å². The monoisotopic (exact) mass is 371 g/mol. The molecule has 1 fully saturated rings. The van der Waals surface area contributed by atoms with Gasteiger partial charge in [0.2, 0.25) is 5.91 Å². The number of non-ortho nitro benzene ring substituents is 1. The summed E-state index contributed by atoms with van der Waals surface area (Å²) in [6, 6.07) is 16.5. The number of benzene rings is 2. The number of carbonyl (C=O) groups is 1. The van der Waals surface area contributed by atoms with Crippen molar-refractivity contribution in [2.45, 2.75) is 17.1 Å². The number of hydrogen-bond donors (Lipinski definition) is 0. The van der Waals surface area contributed by atoms with Gasteiger partial charge in [0.05, 0.1) is 10.2 Å². The first-order chi connectivity index (χ1) is 12.5. The van der Waals surface area contributed by atoms with E-state index in [2.05, 4.69) is 4.90 Å². The fourth-order valence-electron chi connectivity index (χ4n) is 2.98. The number of rotatable bonds is 5. The van der Waals surface area contributed by atoms with Crippen molar-refractivity contribution in [2.24, 2.45) is 0 Å². The zero-order chi connectivity index (χ0) is 18.5. The normalized spacial score (nSPS) is 15.6. The third kappa shape index (κ3) is 4.35. The van der Waals surface area contributed by atoms with Gasteiger partial charge in [-0.3, -0.25) is 14.9 Å². The quantitative estimate of drug-likeness (QED) is 0.458. The topological polar surface area (TPSA) is 66.7 Å². The Morgan fingerprint density at radius 3 is 2.23 bits per heavy atom. The Kier molecular flexibility index (Phi) is 5.78. The van der Waals surface area contributed by atoms with Gasteiger partial charge in [0.25, 0.3) is 5.69 Å². The van der Waals surface area contributed by atoms with Crippen LogP contribution in [-0.4, -0.2) is 47.2 Å². The zero-order valence-electron chi connectivity index (χ0n) is 14.6. The van der Waals surface area contributed by atoms with Gasteiger partial charge in [-0.05, 0) is 31.2 Å². The van der Waals surface area contributed by atoms with E-state index in [1.807, 2.05) is 42.2 Å². The summed E-state index contributed by atoms with van der Waals surface area (Å²) in [5.41, 5.74) is 1.05. The Hall–Kier alpha value is -2.54. The van der Waals surface area contributed by atoms with Crippen molar-refractivity contribution in [1.82, 2.24) is 4.90 Å². The first-order valence-electron chi connectivity index (χ1n) is 8.54. The van der Waals surface area contributed by atoms with Crippen LogP contribution in [0.15, 0.2) is 59.5 Å². The molecule has 0 bridgehead atoms. The van der Waals surface area contributed by atoms with Crippen molar-refractivity contribution < 1.29 is 9.72 Å². The van der Waals surface area contributed by atoms with Gasteiger partial charge in [-0.15, -0.1) is 11.8 Å². The van der Waals surface area contributed by atoms with Crippen molar-refractivity contribution in [3.63, 3.8) is 0 Å². The van der Waals surface area contributed by atoms with Gasteiger partial charge in [-0.25, -0.2) is 0 Å². The van der Waals surface area contributed by atoms with Gasteiger partial charge < -0.3 is 9.80 Å².